The molecule has 7 nitrogen and oxygen atoms in total. The van der Waals surface area contributed by atoms with Gasteiger partial charge in [-0.1, -0.05) is 12.1 Å². The molecule has 0 unspecified atom stereocenters. The molecule has 24 heavy (non-hydrogen) atoms. The van der Waals surface area contributed by atoms with E-state index in [1.165, 1.54) is 12.3 Å². The molecule has 0 radical (unpaired) electrons. The number of carbonyl (C=O) groups excluding carboxylic acids is 1. The molecule has 2 heterocycles. The van der Waals surface area contributed by atoms with Gasteiger partial charge in [0.25, 0.3) is 11.6 Å². The van der Waals surface area contributed by atoms with Gasteiger partial charge in [-0.2, -0.15) is 0 Å². The van der Waals surface area contributed by atoms with Crippen LogP contribution in [0.4, 0.5) is 11.4 Å². The molecule has 1 saturated heterocycles. The fraction of sp³-hybridized carbons (Fsp3) is 0.353. The summed E-state index contributed by atoms with van der Waals surface area (Å²) in [6.45, 7) is 3.09. The first-order chi connectivity index (χ1) is 11.6. The zero-order valence-electron chi connectivity index (χ0n) is 13.4. The number of furan rings is 1. The van der Waals surface area contributed by atoms with E-state index in [-0.39, 0.29) is 22.6 Å². The monoisotopic (exact) mass is 329 g/mol. The normalized spacial score (nSPS) is 15.3. The van der Waals surface area contributed by atoms with E-state index in [9.17, 15) is 14.9 Å². The third kappa shape index (κ3) is 3.24. The lowest BCUT2D eigenvalue weighted by atomic mass is 10.0. The summed E-state index contributed by atoms with van der Waals surface area (Å²) in [7, 11) is 0. The number of para-hydroxylation sites is 2. The van der Waals surface area contributed by atoms with Gasteiger partial charge in [0.05, 0.1) is 16.7 Å². The molecule has 3 rings (SSSR count). The Morgan fingerprint density at radius 2 is 2.00 bits per heavy atom. The highest BCUT2D eigenvalue weighted by Crippen LogP contribution is 2.29. The van der Waals surface area contributed by atoms with Crippen molar-refractivity contribution >= 4 is 17.3 Å². The second kappa shape index (κ2) is 6.74. The van der Waals surface area contributed by atoms with E-state index in [1.807, 2.05) is 4.90 Å². The molecular formula is C17H19N3O4. The zero-order chi connectivity index (χ0) is 17.1. The number of aryl methyl sites for hydroxylation is 1. The molecule has 0 bridgehead atoms. The van der Waals surface area contributed by atoms with Crippen LogP contribution in [0.15, 0.2) is 41.0 Å². The summed E-state index contributed by atoms with van der Waals surface area (Å²) in [6.07, 6.45) is 2.99. The summed E-state index contributed by atoms with van der Waals surface area (Å²) in [6, 6.07) is 8.48. The van der Waals surface area contributed by atoms with Crippen LogP contribution in [0.5, 0.6) is 0 Å². The SMILES string of the molecule is Cc1occc1C(=O)NC1CCN(c2ccccc2[N+](=O)[O-])CC1. The van der Waals surface area contributed by atoms with Crippen molar-refractivity contribution in [2.24, 2.45) is 0 Å². The molecule has 126 valence electrons. The van der Waals surface area contributed by atoms with Crippen molar-refractivity contribution in [1.82, 2.24) is 5.32 Å². The molecule has 1 aliphatic rings. The summed E-state index contributed by atoms with van der Waals surface area (Å²) in [5.41, 5.74) is 1.31. The van der Waals surface area contributed by atoms with Crippen molar-refractivity contribution in [3.05, 3.63) is 58.0 Å². The van der Waals surface area contributed by atoms with E-state index in [0.717, 1.165) is 12.8 Å². The van der Waals surface area contributed by atoms with Crippen LogP contribution in [-0.2, 0) is 0 Å². The maximum Gasteiger partial charge on any atom is 0.292 e. The highest BCUT2D eigenvalue weighted by Gasteiger charge is 2.25. The highest BCUT2D eigenvalue weighted by molar-refractivity contribution is 5.95. The smallest absolute Gasteiger partial charge is 0.292 e. The van der Waals surface area contributed by atoms with Crippen LogP contribution in [0.3, 0.4) is 0 Å². The molecular weight excluding hydrogens is 310 g/mol. The van der Waals surface area contributed by atoms with E-state index in [2.05, 4.69) is 5.32 Å². The Hall–Kier alpha value is -2.83. The Morgan fingerprint density at radius 1 is 1.29 bits per heavy atom. The van der Waals surface area contributed by atoms with Gasteiger partial charge in [0, 0.05) is 25.2 Å². The van der Waals surface area contributed by atoms with Gasteiger partial charge in [-0.25, -0.2) is 0 Å². The number of nitrogens with one attached hydrogen (secondary N) is 1. The lowest BCUT2D eigenvalue weighted by Crippen LogP contribution is -2.44. The van der Waals surface area contributed by atoms with Crippen LogP contribution in [0.2, 0.25) is 0 Å². The molecule has 2 aromatic rings. The van der Waals surface area contributed by atoms with Gasteiger partial charge in [0.1, 0.15) is 11.4 Å². The Bertz CT molecular complexity index is 748. The maximum absolute atomic E-state index is 12.2. The van der Waals surface area contributed by atoms with Gasteiger partial charge in [0.15, 0.2) is 0 Å². The van der Waals surface area contributed by atoms with Gasteiger partial charge in [-0.05, 0) is 31.9 Å². The summed E-state index contributed by atoms with van der Waals surface area (Å²) >= 11 is 0. The topological polar surface area (TPSA) is 88.6 Å². The van der Waals surface area contributed by atoms with Gasteiger partial charge >= 0.3 is 0 Å². The Morgan fingerprint density at radius 3 is 2.62 bits per heavy atom. The number of nitro groups is 1. The van der Waals surface area contributed by atoms with Crippen molar-refractivity contribution in [3.63, 3.8) is 0 Å². The van der Waals surface area contributed by atoms with E-state index >= 15 is 0 Å². The minimum absolute atomic E-state index is 0.0609. The average molecular weight is 329 g/mol. The second-order valence-electron chi connectivity index (χ2n) is 5.87. The number of hydrogen-bond acceptors (Lipinski definition) is 5. The summed E-state index contributed by atoms with van der Waals surface area (Å²) in [5, 5.41) is 14.2. The molecule has 0 saturated carbocycles. The highest BCUT2D eigenvalue weighted by atomic mass is 16.6. The summed E-state index contributed by atoms with van der Waals surface area (Å²) in [5.74, 6) is 0.468. The molecule has 0 spiro atoms. The van der Waals surface area contributed by atoms with Crippen molar-refractivity contribution in [2.75, 3.05) is 18.0 Å². The van der Waals surface area contributed by atoms with E-state index in [1.54, 1.807) is 31.2 Å². The molecule has 1 aromatic heterocycles. The number of amides is 1. The molecule has 1 amide bonds. The minimum atomic E-state index is -0.356. The molecule has 1 aromatic carbocycles. The summed E-state index contributed by atoms with van der Waals surface area (Å²) < 4.78 is 5.15. The van der Waals surface area contributed by atoms with Crippen LogP contribution < -0.4 is 10.2 Å². The lowest BCUT2D eigenvalue weighted by Gasteiger charge is -2.33. The number of piperidine rings is 1. The molecule has 1 N–H and O–H groups in total. The third-order valence-corrected chi connectivity index (χ3v) is 4.35. The van der Waals surface area contributed by atoms with Gasteiger partial charge in [-0.3, -0.25) is 14.9 Å². The van der Waals surface area contributed by atoms with Crippen LogP contribution >= 0.6 is 0 Å². The number of rotatable bonds is 4. The lowest BCUT2D eigenvalue weighted by molar-refractivity contribution is -0.384. The number of hydrogen-bond donors (Lipinski definition) is 1. The van der Waals surface area contributed by atoms with Gasteiger partial charge in [0.2, 0.25) is 0 Å². The van der Waals surface area contributed by atoms with E-state index < -0.39 is 0 Å². The van der Waals surface area contributed by atoms with E-state index in [0.29, 0.717) is 30.1 Å². The first kappa shape index (κ1) is 16.0. The fourth-order valence-electron chi connectivity index (χ4n) is 3.03. The van der Waals surface area contributed by atoms with Crippen LogP contribution in [0.1, 0.15) is 29.0 Å². The van der Waals surface area contributed by atoms with E-state index in [4.69, 9.17) is 4.42 Å². The van der Waals surface area contributed by atoms with Crippen LogP contribution in [-0.4, -0.2) is 30.0 Å². The van der Waals surface area contributed by atoms with Crippen molar-refractivity contribution in [3.8, 4) is 0 Å². The summed E-state index contributed by atoms with van der Waals surface area (Å²) in [4.78, 5) is 25.0. The van der Waals surface area contributed by atoms with Crippen molar-refractivity contribution in [1.29, 1.82) is 0 Å². The number of carbonyl (C=O) groups is 1. The average Bonchev–Trinajstić information content (AvgIpc) is 3.02. The predicted octanol–water partition coefficient (Wildman–Crippen LogP) is 2.90. The van der Waals surface area contributed by atoms with Crippen molar-refractivity contribution < 1.29 is 14.1 Å². The van der Waals surface area contributed by atoms with Crippen molar-refractivity contribution in [2.45, 2.75) is 25.8 Å². The second-order valence-corrected chi connectivity index (χ2v) is 5.87. The minimum Gasteiger partial charge on any atom is -0.469 e. The molecule has 1 fully saturated rings. The Labute approximate surface area is 139 Å². The number of anilines is 1. The number of nitrogens with zero attached hydrogens (tertiary/aromatic N) is 2. The maximum atomic E-state index is 12.2. The first-order valence-corrected chi connectivity index (χ1v) is 7.89. The standard InChI is InChI=1S/C17H19N3O4/c1-12-14(8-11-24-12)17(21)18-13-6-9-19(10-7-13)15-4-2-3-5-16(15)20(22)23/h2-5,8,11,13H,6-7,9-10H2,1H3,(H,18,21). The Balaban J connectivity index is 1.61. The molecule has 0 aliphatic carbocycles. The zero-order valence-corrected chi connectivity index (χ0v) is 13.4. The molecule has 0 atom stereocenters. The van der Waals surface area contributed by atoms with Gasteiger partial charge in [-0.15, -0.1) is 0 Å². The number of benzene rings is 1. The first-order valence-electron chi connectivity index (χ1n) is 7.89. The number of nitro benzene ring substituents is 1. The third-order valence-electron chi connectivity index (χ3n) is 4.35. The fourth-order valence-corrected chi connectivity index (χ4v) is 3.03. The molecule has 1 aliphatic heterocycles. The van der Waals surface area contributed by atoms with Gasteiger partial charge < -0.3 is 14.6 Å². The Kier molecular flexibility index (Phi) is 4.50. The van der Waals surface area contributed by atoms with Crippen LogP contribution in [0, 0.1) is 17.0 Å². The van der Waals surface area contributed by atoms with Crippen LogP contribution in [0.25, 0.3) is 0 Å². The molecule has 7 heteroatoms. The predicted molar refractivity (Wildman–Crippen MR) is 89.2 cm³/mol. The quantitative estimate of drug-likeness (QED) is 0.688. The largest absolute Gasteiger partial charge is 0.469 e.